The maximum Gasteiger partial charge on any atom is 0.262 e. The summed E-state index contributed by atoms with van der Waals surface area (Å²) in [4.78, 5) is 51.7. The molecule has 8 nitrogen and oxygen atoms in total. The molecule has 3 aliphatic heterocycles. The number of imide groups is 2. The Labute approximate surface area is 165 Å². The molecule has 2 saturated heterocycles. The highest BCUT2D eigenvalue weighted by Gasteiger charge is 2.45. The lowest BCUT2D eigenvalue weighted by molar-refractivity contribution is -0.136. The summed E-state index contributed by atoms with van der Waals surface area (Å²) >= 11 is 1.63. The van der Waals surface area contributed by atoms with Crippen molar-refractivity contribution in [3.05, 3.63) is 29.1 Å². The van der Waals surface area contributed by atoms with Gasteiger partial charge >= 0.3 is 0 Å². The number of piperazine rings is 1. The number of amides is 4. The van der Waals surface area contributed by atoms with Crippen LogP contribution in [0.15, 0.2) is 12.1 Å². The predicted molar refractivity (Wildman–Crippen MR) is 100 cm³/mol. The topological polar surface area (TPSA) is 90.0 Å². The molecule has 1 unspecified atom stereocenters. The second-order valence-corrected chi connectivity index (χ2v) is 7.78. The van der Waals surface area contributed by atoms with Crippen molar-refractivity contribution >= 4 is 41.3 Å². The molecule has 2 fully saturated rings. The molecular weight excluding hydrogens is 387 g/mol. The van der Waals surface area contributed by atoms with Gasteiger partial charge in [-0.3, -0.25) is 29.4 Å². The number of anilines is 1. The van der Waals surface area contributed by atoms with Crippen LogP contribution in [-0.4, -0.2) is 71.3 Å². The lowest BCUT2D eigenvalue weighted by Gasteiger charge is -2.35. The van der Waals surface area contributed by atoms with Gasteiger partial charge in [-0.15, -0.1) is 0 Å². The molecule has 148 valence electrons. The van der Waals surface area contributed by atoms with E-state index in [4.69, 9.17) is 0 Å². The number of carbonyl (C=O) groups is 4. The van der Waals surface area contributed by atoms with Gasteiger partial charge in [-0.05, 0) is 24.8 Å². The normalized spacial score (nSPS) is 23.3. The fourth-order valence-corrected chi connectivity index (χ4v) is 4.36. The van der Waals surface area contributed by atoms with Crippen LogP contribution in [0.25, 0.3) is 0 Å². The lowest BCUT2D eigenvalue weighted by atomic mass is 10.0. The minimum absolute atomic E-state index is 0.0429. The molecule has 4 amide bonds. The summed E-state index contributed by atoms with van der Waals surface area (Å²) in [6.07, 6.45) is 2.10. The maximum absolute atomic E-state index is 14.7. The van der Waals surface area contributed by atoms with E-state index < -0.39 is 35.5 Å². The Morgan fingerprint density at radius 2 is 1.68 bits per heavy atom. The van der Waals surface area contributed by atoms with Crippen molar-refractivity contribution in [3.63, 3.8) is 0 Å². The summed E-state index contributed by atoms with van der Waals surface area (Å²) in [6, 6.07) is 1.44. The van der Waals surface area contributed by atoms with Crippen LogP contribution in [0.3, 0.4) is 0 Å². The smallest absolute Gasteiger partial charge is 0.262 e. The first-order chi connectivity index (χ1) is 13.4. The third kappa shape index (κ3) is 3.06. The van der Waals surface area contributed by atoms with E-state index in [1.54, 1.807) is 11.9 Å². The minimum atomic E-state index is -1.05. The Bertz CT molecular complexity index is 885. The molecule has 0 bridgehead atoms. The molecule has 0 aromatic heterocycles. The van der Waals surface area contributed by atoms with Crippen LogP contribution < -0.4 is 10.2 Å². The molecule has 1 atom stereocenters. The first-order valence-corrected chi connectivity index (χ1v) is 10.2. The SMILES string of the molecule is CSN1CCN(c2cc3c(cc2F)C(=O)N(C2CCC(=O)NC2=O)C3=O)CC1. The third-order valence-electron chi connectivity index (χ3n) is 5.34. The molecule has 0 spiro atoms. The van der Waals surface area contributed by atoms with E-state index in [9.17, 15) is 23.6 Å². The van der Waals surface area contributed by atoms with Crippen LogP contribution in [0.4, 0.5) is 10.1 Å². The van der Waals surface area contributed by atoms with Crippen molar-refractivity contribution in [1.29, 1.82) is 0 Å². The average Bonchev–Trinajstić information content (AvgIpc) is 2.91. The third-order valence-corrected chi connectivity index (χ3v) is 6.23. The number of piperidine rings is 1. The lowest BCUT2D eigenvalue weighted by Crippen LogP contribution is -2.54. The fourth-order valence-electron chi connectivity index (χ4n) is 3.83. The van der Waals surface area contributed by atoms with Crippen LogP contribution in [0, 0.1) is 5.82 Å². The number of rotatable bonds is 3. The van der Waals surface area contributed by atoms with Gasteiger partial charge in [-0.1, -0.05) is 11.9 Å². The molecule has 3 heterocycles. The first-order valence-electron chi connectivity index (χ1n) is 9.00. The van der Waals surface area contributed by atoms with Gasteiger partial charge in [0.2, 0.25) is 11.8 Å². The number of fused-ring (bicyclic) bond motifs is 1. The summed E-state index contributed by atoms with van der Waals surface area (Å²) in [6.45, 7) is 2.73. The highest BCUT2D eigenvalue weighted by atomic mass is 32.2. The van der Waals surface area contributed by atoms with E-state index in [1.807, 2.05) is 11.2 Å². The zero-order valence-electron chi connectivity index (χ0n) is 15.2. The largest absolute Gasteiger partial charge is 0.367 e. The predicted octanol–water partition coefficient (Wildman–Crippen LogP) is 0.627. The van der Waals surface area contributed by atoms with Gasteiger partial charge in [0.1, 0.15) is 11.9 Å². The van der Waals surface area contributed by atoms with Crippen molar-refractivity contribution < 1.29 is 23.6 Å². The number of hydrogen-bond donors (Lipinski definition) is 1. The fraction of sp³-hybridized carbons (Fsp3) is 0.444. The summed E-state index contributed by atoms with van der Waals surface area (Å²) in [5, 5.41) is 2.15. The van der Waals surface area contributed by atoms with Crippen molar-refractivity contribution in [2.45, 2.75) is 18.9 Å². The number of halogens is 1. The molecule has 1 N–H and O–H groups in total. The summed E-state index contributed by atoms with van der Waals surface area (Å²) < 4.78 is 16.9. The number of carbonyl (C=O) groups excluding carboxylic acids is 4. The number of hydrogen-bond acceptors (Lipinski definition) is 7. The van der Waals surface area contributed by atoms with Crippen molar-refractivity contribution in [3.8, 4) is 0 Å². The molecule has 0 radical (unpaired) electrons. The number of nitrogens with zero attached hydrogens (tertiary/aromatic N) is 3. The Balaban J connectivity index is 1.62. The van der Waals surface area contributed by atoms with Crippen molar-refractivity contribution in [1.82, 2.24) is 14.5 Å². The summed E-state index contributed by atoms with van der Waals surface area (Å²) in [5.74, 6) is -3.01. The molecule has 10 heteroatoms. The minimum Gasteiger partial charge on any atom is -0.367 e. The highest BCUT2D eigenvalue weighted by Crippen LogP contribution is 2.33. The van der Waals surface area contributed by atoms with Crippen molar-refractivity contribution in [2.75, 3.05) is 37.3 Å². The molecule has 1 aromatic carbocycles. The number of nitrogens with one attached hydrogen (secondary N) is 1. The quantitative estimate of drug-likeness (QED) is 0.582. The molecular formula is C18H19FN4O4S. The Kier molecular flexibility index (Phi) is 4.84. The van der Waals surface area contributed by atoms with E-state index in [0.29, 0.717) is 13.1 Å². The molecule has 4 rings (SSSR count). The van der Waals surface area contributed by atoms with Crippen LogP contribution in [0.2, 0.25) is 0 Å². The number of benzene rings is 1. The maximum atomic E-state index is 14.7. The van der Waals surface area contributed by atoms with E-state index >= 15 is 0 Å². The zero-order valence-corrected chi connectivity index (χ0v) is 16.1. The van der Waals surface area contributed by atoms with E-state index in [1.165, 1.54) is 6.07 Å². The summed E-state index contributed by atoms with van der Waals surface area (Å²) in [5.41, 5.74) is 0.336. The average molecular weight is 406 g/mol. The second-order valence-electron chi connectivity index (χ2n) is 6.90. The second kappa shape index (κ2) is 7.17. The molecule has 0 saturated carbocycles. The highest BCUT2D eigenvalue weighted by molar-refractivity contribution is 7.96. The Hall–Kier alpha value is -2.46. The van der Waals surface area contributed by atoms with Gasteiger partial charge < -0.3 is 4.90 Å². The molecule has 1 aromatic rings. The Morgan fingerprint density at radius 3 is 2.29 bits per heavy atom. The van der Waals surface area contributed by atoms with Gasteiger partial charge in [0, 0.05) is 32.6 Å². The molecule has 28 heavy (non-hydrogen) atoms. The van der Waals surface area contributed by atoms with Crippen LogP contribution in [0.5, 0.6) is 0 Å². The van der Waals surface area contributed by atoms with Gasteiger partial charge in [0.25, 0.3) is 11.8 Å². The molecule has 0 aliphatic carbocycles. The van der Waals surface area contributed by atoms with Crippen LogP contribution >= 0.6 is 11.9 Å². The monoisotopic (exact) mass is 406 g/mol. The van der Waals surface area contributed by atoms with Gasteiger partial charge in [-0.2, -0.15) is 0 Å². The van der Waals surface area contributed by atoms with Crippen LogP contribution in [-0.2, 0) is 9.59 Å². The Morgan fingerprint density at radius 1 is 1.04 bits per heavy atom. The van der Waals surface area contributed by atoms with Crippen molar-refractivity contribution in [2.24, 2.45) is 0 Å². The van der Waals surface area contributed by atoms with Gasteiger partial charge in [0.15, 0.2) is 0 Å². The van der Waals surface area contributed by atoms with E-state index in [-0.39, 0.29) is 29.7 Å². The first kappa shape index (κ1) is 18.9. The van der Waals surface area contributed by atoms with Gasteiger partial charge in [-0.25, -0.2) is 8.70 Å². The van der Waals surface area contributed by atoms with Gasteiger partial charge in [0.05, 0.1) is 16.8 Å². The van der Waals surface area contributed by atoms with Crippen LogP contribution in [0.1, 0.15) is 33.6 Å². The van der Waals surface area contributed by atoms with E-state index in [0.717, 1.165) is 24.1 Å². The van der Waals surface area contributed by atoms with E-state index in [2.05, 4.69) is 9.62 Å². The standard InChI is InChI=1S/C18H19FN4O4S/c1-28-22-6-4-21(5-7-22)14-9-11-10(8-12(14)19)17(26)23(18(11)27)13-2-3-15(24)20-16(13)25/h8-9,13H,2-7H2,1H3,(H,20,24,25). The summed E-state index contributed by atoms with van der Waals surface area (Å²) in [7, 11) is 0. The molecule has 3 aliphatic rings. The zero-order chi connectivity index (χ0) is 20.0.